The number of benzene rings is 1. The Balaban J connectivity index is 3.27. The van der Waals surface area contributed by atoms with E-state index in [1.54, 1.807) is 0 Å². The molecule has 0 saturated heterocycles. The van der Waals surface area contributed by atoms with E-state index in [-0.39, 0.29) is 10.0 Å². The SMILES string of the molecule is O=C(O)C(O)c1c(F)cc(Br)cc1Br. The van der Waals surface area contributed by atoms with E-state index in [9.17, 15) is 9.18 Å². The fraction of sp³-hybridized carbons (Fsp3) is 0.125. The quantitative estimate of drug-likeness (QED) is 0.877. The first kappa shape index (κ1) is 11.6. The molecule has 14 heavy (non-hydrogen) atoms. The van der Waals surface area contributed by atoms with Gasteiger partial charge in [0.15, 0.2) is 6.10 Å². The smallest absolute Gasteiger partial charge is 0.337 e. The highest BCUT2D eigenvalue weighted by Crippen LogP contribution is 2.29. The number of carboxylic acid groups (broad SMARTS) is 1. The first-order valence-electron chi connectivity index (χ1n) is 3.48. The average Bonchev–Trinajstić information content (AvgIpc) is 2.01. The van der Waals surface area contributed by atoms with Crippen LogP contribution in [0.25, 0.3) is 0 Å². The summed E-state index contributed by atoms with van der Waals surface area (Å²) in [6, 6.07) is 2.55. The Bertz CT molecular complexity index is 358. The van der Waals surface area contributed by atoms with Crippen LogP contribution in [-0.2, 0) is 4.79 Å². The van der Waals surface area contributed by atoms with Crippen molar-refractivity contribution in [3.8, 4) is 0 Å². The predicted molar refractivity (Wildman–Crippen MR) is 54.4 cm³/mol. The van der Waals surface area contributed by atoms with Crippen molar-refractivity contribution in [2.45, 2.75) is 6.10 Å². The van der Waals surface area contributed by atoms with E-state index >= 15 is 0 Å². The molecule has 0 heterocycles. The zero-order chi connectivity index (χ0) is 10.9. The molecule has 0 radical (unpaired) electrons. The summed E-state index contributed by atoms with van der Waals surface area (Å²) in [5.74, 6) is -2.27. The van der Waals surface area contributed by atoms with Gasteiger partial charge in [-0.2, -0.15) is 0 Å². The van der Waals surface area contributed by atoms with Crippen molar-refractivity contribution in [3.05, 3.63) is 32.5 Å². The summed E-state index contributed by atoms with van der Waals surface area (Å²) in [5.41, 5.74) is -0.277. The third kappa shape index (κ3) is 2.31. The Kier molecular flexibility index (Phi) is 3.63. The van der Waals surface area contributed by atoms with Gasteiger partial charge in [-0.1, -0.05) is 31.9 Å². The number of hydrogen-bond donors (Lipinski definition) is 2. The van der Waals surface area contributed by atoms with Crippen LogP contribution in [0.5, 0.6) is 0 Å². The minimum Gasteiger partial charge on any atom is -0.479 e. The van der Waals surface area contributed by atoms with Crippen LogP contribution in [0, 0.1) is 5.82 Å². The number of carboxylic acids is 1. The van der Waals surface area contributed by atoms with E-state index in [2.05, 4.69) is 31.9 Å². The molecule has 2 N–H and O–H groups in total. The van der Waals surface area contributed by atoms with Crippen molar-refractivity contribution >= 4 is 37.8 Å². The lowest BCUT2D eigenvalue weighted by Crippen LogP contribution is -2.13. The predicted octanol–water partition coefficient (Wildman–Crippen LogP) is 2.47. The molecule has 0 saturated carbocycles. The van der Waals surface area contributed by atoms with E-state index in [4.69, 9.17) is 10.2 Å². The molecular formula is C8H5Br2FO3. The number of carbonyl (C=O) groups is 1. The molecule has 0 aromatic heterocycles. The van der Waals surface area contributed by atoms with Gasteiger partial charge >= 0.3 is 5.97 Å². The molecule has 76 valence electrons. The molecule has 1 aromatic carbocycles. The van der Waals surface area contributed by atoms with Crippen LogP contribution in [0.1, 0.15) is 11.7 Å². The third-order valence-corrected chi connectivity index (χ3v) is 2.67. The zero-order valence-electron chi connectivity index (χ0n) is 6.67. The van der Waals surface area contributed by atoms with Crippen molar-refractivity contribution < 1.29 is 19.4 Å². The number of hydrogen-bond acceptors (Lipinski definition) is 2. The standard InChI is InChI=1S/C8H5Br2FO3/c9-3-1-4(10)6(5(11)2-3)7(12)8(13)14/h1-2,7,12H,(H,13,14). The second-order valence-electron chi connectivity index (χ2n) is 2.52. The van der Waals surface area contributed by atoms with Gasteiger partial charge in [0.05, 0.1) is 0 Å². The maximum Gasteiger partial charge on any atom is 0.337 e. The highest BCUT2D eigenvalue weighted by Gasteiger charge is 2.23. The molecule has 0 aliphatic carbocycles. The van der Waals surface area contributed by atoms with Crippen LogP contribution in [-0.4, -0.2) is 16.2 Å². The maximum absolute atomic E-state index is 13.2. The van der Waals surface area contributed by atoms with Gasteiger partial charge in [0, 0.05) is 14.5 Å². The molecule has 1 rings (SSSR count). The van der Waals surface area contributed by atoms with Gasteiger partial charge < -0.3 is 10.2 Å². The first-order valence-corrected chi connectivity index (χ1v) is 5.07. The first-order chi connectivity index (χ1) is 6.43. The second-order valence-corrected chi connectivity index (χ2v) is 4.29. The number of aliphatic hydroxyl groups excluding tert-OH is 1. The normalized spacial score (nSPS) is 12.6. The molecule has 0 bridgehead atoms. The topological polar surface area (TPSA) is 57.5 Å². The minimum atomic E-state index is -1.86. The minimum absolute atomic E-state index is 0.208. The van der Waals surface area contributed by atoms with Gasteiger partial charge in [-0.05, 0) is 12.1 Å². The summed E-state index contributed by atoms with van der Waals surface area (Å²) in [6.45, 7) is 0. The summed E-state index contributed by atoms with van der Waals surface area (Å²) < 4.78 is 13.9. The number of aliphatic hydroxyl groups is 1. The van der Waals surface area contributed by atoms with Crippen molar-refractivity contribution in [3.63, 3.8) is 0 Å². The van der Waals surface area contributed by atoms with Gasteiger partial charge in [-0.25, -0.2) is 9.18 Å². The summed E-state index contributed by atoms with van der Waals surface area (Å²) in [4.78, 5) is 10.4. The number of aliphatic carboxylic acids is 1. The van der Waals surface area contributed by atoms with Crippen molar-refractivity contribution in [2.75, 3.05) is 0 Å². The van der Waals surface area contributed by atoms with Gasteiger partial charge in [-0.15, -0.1) is 0 Å². The summed E-state index contributed by atoms with van der Waals surface area (Å²) in [5, 5.41) is 17.7. The molecule has 0 amide bonds. The summed E-state index contributed by atoms with van der Waals surface area (Å²) >= 11 is 6.01. The molecule has 0 fully saturated rings. The molecular weight excluding hydrogens is 323 g/mol. The molecule has 6 heteroatoms. The summed E-state index contributed by atoms with van der Waals surface area (Å²) in [6.07, 6.45) is -1.86. The van der Waals surface area contributed by atoms with Crippen LogP contribution in [0.3, 0.4) is 0 Å². The lowest BCUT2D eigenvalue weighted by molar-refractivity contribution is -0.147. The lowest BCUT2D eigenvalue weighted by Gasteiger charge is -2.09. The maximum atomic E-state index is 13.2. The van der Waals surface area contributed by atoms with Crippen molar-refractivity contribution in [1.29, 1.82) is 0 Å². The Morgan fingerprint density at radius 3 is 2.43 bits per heavy atom. The molecule has 1 unspecified atom stereocenters. The lowest BCUT2D eigenvalue weighted by atomic mass is 10.1. The number of halogens is 3. The molecule has 0 aliphatic heterocycles. The van der Waals surface area contributed by atoms with Crippen LogP contribution >= 0.6 is 31.9 Å². The molecule has 1 aromatic rings. The Morgan fingerprint density at radius 2 is 2.00 bits per heavy atom. The van der Waals surface area contributed by atoms with Crippen LogP contribution in [0.15, 0.2) is 21.1 Å². The third-order valence-electron chi connectivity index (χ3n) is 1.55. The van der Waals surface area contributed by atoms with Gasteiger partial charge in [0.2, 0.25) is 0 Å². The van der Waals surface area contributed by atoms with Crippen LogP contribution in [0.2, 0.25) is 0 Å². The molecule has 1 atom stereocenters. The van der Waals surface area contributed by atoms with E-state index in [0.29, 0.717) is 4.47 Å². The van der Waals surface area contributed by atoms with Gasteiger partial charge in [0.25, 0.3) is 0 Å². The Morgan fingerprint density at radius 1 is 1.43 bits per heavy atom. The van der Waals surface area contributed by atoms with Gasteiger partial charge in [-0.3, -0.25) is 0 Å². The Labute approximate surface area is 95.8 Å². The fourth-order valence-corrected chi connectivity index (χ4v) is 2.33. The van der Waals surface area contributed by atoms with Crippen LogP contribution < -0.4 is 0 Å². The molecule has 0 spiro atoms. The van der Waals surface area contributed by atoms with E-state index in [1.807, 2.05) is 0 Å². The van der Waals surface area contributed by atoms with Crippen molar-refractivity contribution in [1.82, 2.24) is 0 Å². The largest absolute Gasteiger partial charge is 0.479 e. The van der Waals surface area contributed by atoms with E-state index in [1.165, 1.54) is 6.07 Å². The molecule has 3 nitrogen and oxygen atoms in total. The highest BCUT2D eigenvalue weighted by atomic mass is 79.9. The van der Waals surface area contributed by atoms with Gasteiger partial charge in [0.1, 0.15) is 5.82 Å². The number of rotatable bonds is 2. The monoisotopic (exact) mass is 326 g/mol. The van der Waals surface area contributed by atoms with E-state index in [0.717, 1.165) is 6.07 Å². The fourth-order valence-electron chi connectivity index (χ4n) is 0.938. The van der Waals surface area contributed by atoms with E-state index < -0.39 is 17.9 Å². The average molecular weight is 328 g/mol. The Hall–Kier alpha value is -0.460. The summed E-state index contributed by atoms with van der Waals surface area (Å²) in [7, 11) is 0. The highest BCUT2D eigenvalue weighted by molar-refractivity contribution is 9.11. The van der Waals surface area contributed by atoms with Crippen LogP contribution in [0.4, 0.5) is 4.39 Å². The second kappa shape index (κ2) is 4.37. The van der Waals surface area contributed by atoms with Crippen molar-refractivity contribution in [2.24, 2.45) is 0 Å². The zero-order valence-corrected chi connectivity index (χ0v) is 9.84. The molecule has 0 aliphatic rings.